The molecule has 0 aromatic carbocycles. The van der Waals surface area contributed by atoms with Gasteiger partial charge in [-0.15, -0.1) is 4.36 Å². The Morgan fingerprint density at radius 3 is 2.79 bits per heavy atom. The van der Waals surface area contributed by atoms with E-state index >= 15 is 0 Å². The van der Waals surface area contributed by atoms with Crippen molar-refractivity contribution in [3.63, 3.8) is 0 Å². The Kier molecular flexibility index (Phi) is 3.58. The molecular formula is C11H12F3N3OS. The third-order valence-corrected chi connectivity index (χ3v) is 5.84. The number of allylic oxidation sites excluding steroid dienone is 1. The van der Waals surface area contributed by atoms with E-state index < -0.39 is 27.2 Å². The molecule has 2 aliphatic heterocycles. The topological polar surface area (TPSA) is 65.2 Å². The first-order valence-electron chi connectivity index (χ1n) is 5.69. The zero-order chi connectivity index (χ0) is 14.1. The second-order valence-electron chi connectivity index (χ2n) is 4.41. The van der Waals surface area contributed by atoms with E-state index in [-0.39, 0.29) is 0 Å². The molecule has 3 atom stereocenters. The molecule has 2 aliphatic rings. The van der Waals surface area contributed by atoms with Gasteiger partial charge in [-0.3, -0.25) is 0 Å². The summed E-state index contributed by atoms with van der Waals surface area (Å²) in [5.41, 5.74) is 0.516. The van der Waals surface area contributed by atoms with Crippen LogP contribution < -0.4 is 5.32 Å². The quantitative estimate of drug-likeness (QED) is 0.752. The van der Waals surface area contributed by atoms with Gasteiger partial charge in [0.25, 0.3) is 0 Å². The molecule has 0 spiro atoms. The standard InChI is InChI=1S/C11H12F3N3OS/c12-11(13,14)10-4-3-8(6-16-10)9-2-1-5-19(9,18)17-7-15/h3-4,6,9-10,16H,1-2,5H2. The van der Waals surface area contributed by atoms with E-state index in [0.717, 1.165) is 6.08 Å². The van der Waals surface area contributed by atoms with Gasteiger partial charge in [-0.2, -0.15) is 18.4 Å². The smallest absolute Gasteiger partial charge is 0.377 e. The van der Waals surface area contributed by atoms with Gasteiger partial charge in [-0.1, -0.05) is 12.2 Å². The Morgan fingerprint density at radius 1 is 1.53 bits per heavy atom. The minimum atomic E-state index is -4.35. The van der Waals surface area contributed by atoms with Crippen LogP contribution in [-0.4, -0.2) is 27.4 Å². The van der Waals surface area contributed by atoms with Gasteiger partial charge in [0.1, 0.15) is 6.04 Å². The lowest BCUT2D eigenvalue weighted by molar-refractivity contribution is -0.142. The molecule has 0 aliphatic carbocycles. The van der Waals surface area contributed by atoms with Crippen LogP contribution in [0.15, 0.2) is 28.3 Å². The minimum absolute atomic E-state index is 0.319. The molecule has 3 unspecified atom stereocenters. The van der Waals surface area contributed by atoms with Crippen LogP contribution >= 0.6 is 0 Å². The molecule has 104 valence electrons. The average Bonchev–Trinajstić information content (AvgIpc) is 2.70. The summed E-state index contributed by atoms with van der Waals surface area (Å²) in [6.07, 6.45) is 1.99. The molecule has 1 N–H and O–H groups in total. The van der Waals surface area contributed by atoms with Crippen LogP contribution in [-0.2, 0) is 9.73 Å². The molecule has 2 rings (SSSR count). The van der Waals surface area contributed by atoms with Crippen LogP contribution in [0.4, 0.5) is 13.2 Å². The van der Waals surface area contributed by atoms with Gasteiger partial charge < -0.3 is 5.32 Å². The van der Waals surface area contributed by atoms with Crippen molar-refractivity contribution in [1.82, 2.24) is 5.32 Å². The molecule has 0 bridgehead atoms. The Bertz CT molecular complexity index is 579. The highest BCUT2D eigenvalue weighted by Crippen LogP contribution is 2.31. The predicted octanol–water partition coefficient (Wildman–Crippen LogP) is 2.07. The van der Waals surface area contributed by atoms with Crippen molar-refractivity contribution >= 4 is 9.73 Å². The summed E-state index contributed by atoms with van der Waals surface area (Å²) in [5, 5.41) is 10.3. The van der Waals surface area contributed by atoms with Gasteiger partial charge in [0.2, 0.25) is 6.19 Å². The summed E-state index contributed by atoms with van der Waals surface area (Å²) in [5.74, 6) is 0.319. The third kappa shape index (κ3) is 2.76. The molecule has 19 heavy (non-hydrogen) atoms. The van der Waals surface area contributed by atoms with Gasteiger partial charge in [0, 0.05) is 12.0 Å². The van der Waals surface area contributed by atoms with E-state index in [1.165, 1.54) is 12.3 Å². The maximum Gasteiger partial charge on any atom is 0.412 e. The number of rotatable bonds is 1. The van der Waals surface area contributed by atoms with E-state index in [9.17, 15) is 17.4 Å². The first kappa shape index (κ1) is 13.9. The Hall–Kier alpha value is -1.49. The SMILES string of the molecule is N#CN=S1(=O)CCCC1C1=CNC(C(F)(F)F)C=C1. The molecule has 0 saturated carbocycles. The molecule has 8 heteroatoms. The van der Waals surface area contributed by atoms with Crippen molar-refractivity contribution in [2.75, 3.05) is 5.75 Å². The molecule has 1 fully saturated rings. The highest BCUT2D eigenvalue weighted by Gasteiger charge is 2.40. The monoisotopic (exact) mass is 291 g/mol. The lowest BCUT2D eigenvalue weighted by atomic mass is 10.1. The van der Waals surface area contributed by atoms with Crippen molar-refractivity contribution in [3.05, 3.63) is 23.9 Å². The second-order valence-corrected chi connectivity index (χ2v) is 6.94. The second kappa shape index (κ2) is 4.89. The Balaban J connectivity index is 2.21. The fourth-order valence-electron chi connectivity index (χ4n) is 2.26. The average molecular weight is 291 g/mol. The van der Waals surface area contributed by atoms with Crippen molar-refractivity contribution in [2.24, 2.45) is 4.36 Å². The van der Waals surface area contributed by atoms with Crippen molar-refractivity contribution in [3.8, 4) is 6.19 Å². The first-order valence-corrected chi connectivity index (χ1v) is 7.44. The summed E-state index contributed by atoms with van der Waals surface area (Å²) in [4.78, 5) is 0. The summed E-state index contributed by atoms with van der Waals surface area (Å²) in [6, 6.07) is -1.72. The zero-order valence-electron chi connectivity index (χ0n) is 9.85. The summed E-state index contributed by atoms with van der Waals surface area (Å²) >= 11 is 0. The Labute approximate surface area is 109 Å². The number of nitrogens with one attached hydrogen (secondary N) is 1. The van der Waals surface area contributed by atoms with Gasteiger partial charge in [0.05, 0.1) is 15.0 Å². The zero-order valence-corrected chi connectivity index (χ0v) is 10.7. The van der Waals surface area contributed by atoms with Crippen LogP contribution in [0.5, 0.6) is 0 Å². The minimum Gasteiger partial charge on any atom is -0.377 e. The largest absolute Gasteiger partial charge is 0.412 e. The number of dihydropyridines is 1. The molecule has 4 nitrogen and oxygen atoms in total. The lowest BCUT2D eigenvalue weighted by Crippen LogP contribution is -2.40. The van der Waals surface area contributed by atoms with Crippen molar-refractivity contribution < 1.29 is 17.4 Å². The van der Waals surface area contributed by atoms with E-state index in [2.05, 4.69) is 9.68 Å². The van der Waals surface area contributed by atoms with E-state index in [1.807, 2.05) is 0 Å². The highest BCUT2D eigenvalue weighted by atomic mass is 32.2. The van der Waals surface area contributed by atoms with Crippen molar-refractivity contribution in [2.45, 2.75) is 30.3 Å². The summed E-state index contributed by atoms with van der Waals surface area (Å²) in [6.45, 7) is 0. The van der Waals surface area contributed by atoms with Crippen molar-refractivity contribution in [1.29, 1.82) is 5.26 Å². The number of alkyl halides is 3. The molecule has 2 heterocycles. The molecule has 0 amide bonds. The lowest BCUT2D eigenvalue weighted by Gasteiger charge is -2.23. The van der Waals surface area contributed by atoms with Gasteiger partial charge >= 0.3 is 6.18 Å². The Morgan fingerprint density at radius 2 is 2.26 bits per heavy atom. The summed E-state index contributed by atoms with van der Waals surface area (Å²) in [7, 11) is -2.67. The molecule has 0 aromatic rings. The van der Waals surface area contributed by atoms with Gasteiger partial charge in [-0.05, 0) is 18.4 Å². The molecule has 0 aromatic heterocycles. The fourth-order valence-corrected chi connectivity index (χ4v) is 4.59. The number of hydrogen-bond acceptors (Lipinski definition) is 4. The van der Waals surface area contributed by atoms with Gasteiger partial charge in [0.15, 0.2) is 0 Å². The normalized spacial score (nSPS) is 34.3. The predicted molar refractivity (Wildman–Crippen MR) is 64.3 cm³/mol. The number of hydrogen-bond donors (Lipinski definition) is 1. The summed E-state index contributed by atoms with van der Waals surface area (Å²) < 4.78 is 53.2. The van der Waals surface area contributed by atoms with Crippen LogP contribution in [0, 0.1) is 11.5 Å². The highest BCUT2D eigenvalue weighted by molar-refractivity contribution is 7.94. The molecule has 1 saturated heterocycles. The van der Waals surface area contributed by atoms with E-state index in [4.69, 9.17) is 5.26 Å². The fraction of sp³-hybridized carbons (Fsp3) is 0.545. The van der Waals surface area contributed by atoms with E-state index in [1.54, 1.807) is 6.19 Å². The molecular weight excluding hydrogens is 279 g/mol. The third-order valence-electron chi connectivity index (χ3n) is 3.18. The maximum absolute atomic E-state index is 12.5. The van der Waals surface area contributed by atoms with Crippen LogP contribution in [0.25, 0.3) is 0 Å². The van der Waals surface area contributed by atoms with Crippen LogP contribution in [0.3, 0.4) is 0 Å². The maximum atomic E-state index is 12.5. The van der Waals surface area contributed by atoms with Gasteiger partial charge in [-0.25, -0.2) is 4.21 Å². The molecule has 0 radical (unpaired) electrons. The number of nitriles is 1. The van der Waals surface area contributed by atoms with Crippen LogP contribution in [0.2, 0.25) is 0 Å². The van der Waals surface area contributed by atoms with E-state index in [0.29, 0.717) is 24.2 Å². The first-order chi connectivity index (χ1) is 8.87. The number of nitrogens with zero attached hydrogens (tertiary/aromatic N) is 2. The van der Waals surface area contributed by atoms with Crippen LogP contribution in [0.1, 0.15) is 12.8 Å². The number of halogens is 3.